The molecular formula is C9H13N3O4. The fourth-order valence-corrected chi connectivity index (χ4v) is 1.24. The summed E-state index contributed by atoms with van der Waals surface area (Å²) in [6, 6.07) is 0. The molecule has 1 aromatic heterocycles. The van der Waals surface area contributed by atoms with Gasteiger partial charge in [0.25, 0.3) is 5.56 Å². The van der Waals surface area contributed by atoms with Crippen molar-refractivity contribution in [3.8, 4) is 0 Å². The Hall–Kier alpha value is -1.92. The molecule has 0 saturated heterocycles. The second kappa shape index (κ2) is 5.24. The van der Waals surface area contributed by atoms with Crippen LogP contribution < -0.4 is 11.2 Å². The molecule has 0 saturated carbocycles. The first-order chi connectivity index (χ1) is 7.56. The van der Waals surface area contributed by atoms with Gasteiger partial charge in [0, 0.05) is 6.54 Å². The molecule has 0 aliphatic rings. The minimum Gasteiger partial charge on any atom is -0.476 e. The molecule has 88 valence electrons. The van der Waals surface area contributed by atoms with Gasteiger partial charge in [-0.15, -0.1) is 0 Å². The van der Waals surface area contributed by atoms with Crippen LogP contribution in [0.4, 0.5) is 0 Å². The number of hydrogen-bond acceptors (Lipinski definition) is 4. The van der Waals surface area contributed by atoms with Gasteiger partial charge in [-0.2, -0.15) is 5.10 Å². The zero-order valence-electron chi connectivity index (χ0n) is 8.89. The molecule has 0 fully saturated rings. The first kappa shape index (κ1) is 12.2. The number of carbonyl (C=O) groups is 1. The van der Waals surface area contributed by atoms with Crippen LogP contribution in [0.15, 0.2) is 9.59 Å². The van der Waals surface area contributed by atoms with Gasteiger partial charge < -0.3 is 5.11 Å². The van der Waals surface area contributed by atoms with E-state index in [9.17, 15) is 14.4 Å². The van der Waals surface area contributed by atoms with Crippen LogP contribution in [0.1, 0.15) is 36.7 Å². The Morgan fingerprint density at radius 1 is 1.44 bits per heavy atom. The van der Waals surface area contributed by atoms with E-state index in [0.717, 1.165) is 17.5 Å². The summed E-state index contributed by atoms with van der Waals surface area (Å²) in [5.74, 6) is -1.44. The minimum absolute atomic E-state index is 0.309. The standard InChI is InChI=1S/C9H13N3O4/c1-2-3-4-5-12-9(16)10-7(13)6(11-12)8(14)15/h2-5H2,1H3,(H,14,15)(H,10,13,16). The molecule has 2 N–H and O–H groups in total. The van der Waals surface area contributed by atoms with Gasteiger partial charge in [0.05, 0.1) is 0 Å². The van der Waals surface area contributed by atoms with E-state index in [1.807, 2.05) is 11.9 Å². The highest BCUT2D eigenvalue weighted by Crippen LogP contribution is 1.94. The summed E-state index contributed by atoms with van der Waals surface area (Å²) in [5.41, 5.74) is -2.30. The summed E-state index contributed by atoms with van der Waals surface area (Å²) in [5, 5.41) is 12.2. The average Bonchev–Trinajstić information content (AvgIpc) is 2.21. The number of carboxylic acids is 1. The largest absolute Gasteiger partial charge is 0.476 e. The molecule has 0 atom stereocenters. The third-order valence-corrected chi connectivity index (χ3v) is 2.07. The lowest BCUT2D eigenvalue weighted by atomic mass is 10.2. The Bertz CT molecular complexity index is 488. The number of aryl methyl sites for hydroxylation is 1. The van der Waals surface area contributed by atoms with E-state index in [1.165, 1.54) is 0 Å². The molecular weight excluding hydrogens is 214 g/mol. The van der Waals surface area contributed by atoms with E-state index in [4.69, 9.17) is 5.11 Å². The number of H-pyrrole nitrogens is 1. The molecule has 0 radical (unpaired) electrons. The van der Waals surface area contributed by atoms with E-state index in [1.54, 1.807) is 0 Å². The topological polar surface area (TPSA) is 105 Å². The molecule has 7 nitrogen and oxygen atoms in total. The normalized spacial score (nSPS) is 10.3. The Morgan fingerprint density at radius 3 is 2.69 bits per heavy atom. The maximum Gasteiger partial charge on any atom is 0.362 e. The van der Waals surface area contributed by atoms with Crippen LogP contribution in [-0.2, 0) is 6.54 Å². The van der Waals surface area contributed by atoms with Crippen molar-refractivity contribution >= 4 is 5.97 Å². The van der Waals surface area contributed by atoms with Gasteiger partial charge in [-0.1, -0.05) is 19.8 Å². The molecule has 1 rings (SSSR count). The van der Waals surface area contributed by atoms with Crippen molar-refractivity contribution in [1.29, 1.82) is 0 Å². The smallest absolute Gasteiger partial charge is 0.362 e. The number of aromatic amines is 1. The number of nitrogens with one attached hydrogen (secondary N) is 1. The highest BCUT2D eigenvalue weighted by atomic mass is 16.4. The average molecular weight is 227 g/mol. The molecule has 0 aromatic carbocycles. The van der Waals surface area contributed by atoms with E-state index in [2.05, 4.69) is 5.10 Å². The minimum atomic E-state index is -1.44. The van der Waals surface area contributed by atoms with Gasteiger partial charge in [0.2, 0.25) is 5.69 Å². The van der Waals surface area contributed by atoms with Crippen molar-refractivity contribution in [2.75, 3.05) is 0 Å². The molecule has 0 spiro atoms. The van der Waals surface area contributed by atoms with E-state index < -0.39 is 22.9 Å². The van der Waals surface area contributed by atoms with Gasteiger partial charge in [-0.05, 0) is 6.42 Å². The van der Waals surface area contributed by atoms with Crippen LogP contribution in [0.2, 0.25) is 0 Å². The summed E-state index contributed by atoms with van der Waals surface area (Å²) >= 11 is 0. The molecule has 0 bridgehead atoms. The van der Waals surface area contributed by atoms with E-state index in [0.29, 0.717) is 13.0 Å². The summed E-state index contributed by atoms with van der Waals surface area (Å²) < 4.78 is 0.973. The Kier molecular flexibility index (Phi) is 3.98. The second-order valence-electron chi connectivity index (χ2n) is 3.34. The number of aromatic nitrogens is 3. The zero-order chi connectivity index (χ0) is 12.1. The quantitative estimate of drug-likeness (QED) is 0.679. The third-order valence-electron chi connectivity index (χ3n) is 2.07. The third kappa shape index (κ3) is 2.78. The number of aromatic carboxylic acids is 1. The summed E-state index contributed by atoms with van der Waals surface area (Å²) in [4.78, 5) is 34.9. The summed E-state index contributed by atoms with van der Waals surface area (Å²) in [6.07, 6.45) is 2.61. The van der Waals surface area contributed by atoms with Crippen LogP contribution in [0.25, 0.3) is 0 Å². The van der Waals surface area contributed by atoms with Crippen LogP contribution in [0.3, 0.4) is 0 Å². The molecule has 0 aliphatic carbocycles. The number of nitrogens with zero attached hydrogens (tertiary/aromatic N) is 2. The lowest BCUT2D eigenvalue weighted by molar-refractivity contribution is 0.0684. The van der Waals surface area contributed by atoms with Crippen LogP contribution in [-0.4, -0.2) is 25.8 Å². The predicted octanol–water partition coefficient (Wildman–Crippen LogP) is -0.180. The van der Waals surface area contributed by atoms with Crippen LogP contribution in [0.5, 0.6) is 0 Å². The Labute approximate surface area is 90.7 Å². The molecule has 0 amide bonds. The highest BCUT2D eigenvalue weighted by molar-refractivity contribution is 5.84. The van der Waals surface area contributed by atoms with Crippen molar-refractivity contribution in [2.45, 2.75) is 32.7 Å². The molecule has 7 heteroatoms. The first-order valence-electron chi connectivity index (χ1n) is 5.01. The molecule has 0 unspecified atom stereocenters. The van der Waals surface area contributed by atoms with Crippen molar-refractivity contribution in [2.24, 2.45) is 0 Å². The molecule has 16 heavy (non-hydrogen) atoms. The lowest BCUT2D eigenvalue weighted by Crippen LogP contribution is -2.36. The van der Waals surface area contributed by atoms with Crippen molar-refractivity contribution in [1.82, 2.24) is 14.8 Å². The number of unbranched alkanes of at least 4 members (excludes halogenated alkanes) is 2. The van der Waals surface area contributed by atoms with Gasteiger partial charge in [-0.25, -0.2) is 14.3 Å². The van der Waals surface area contributed by atoms with Crippen molar-refractivity contribution in [3.63, 3.8) is 0 Å². The Balaban J connectivity index is 3.01. The summed E-state index contributed by atoms with van der Waals surface area (Å²) in [6.45, 7) is 2.31. The van der Waals surface area contributed by atoms with Crippen molar-refractivity contribution in [3.05, 3.63) is 26.5 Å². The first-order valence-corrected chi connectivity index (χ1v) is 5.01. The molecule has 1 aromatic rings. The van der Waals surface area contributed by atoms with Gasteiger partial charge in [-0.3, -0.25) is 9.78 Å². The molecule has 0 aliphatic heterocycles. The number of rotatable bonds is 5. The van der Waals surface area contributed by atoms with Crippen LogP contribution in [0, 0.1) is 0 Å². The lowest BCUT2D eigenvalue weighted by Gasteiger charge is -2.03. The van der Waals surface area contributed by atoms with Gasteiger partial charge >= 0.3 is 11.7 Å². The van der Waals surface area contributed by atoms with Gasteiger partial charge in [0.1, 0.15) is 0 Å². The van der Waals surface area contributed by atoms with E-state index in [-0.39, 0.29) is 0 Å². The highest BCUT2D eigenvalue weighted by Gasteiger charge is 2.13. The SMILES string of the molecule is CCCCCn1nc(C(=O)O)c(=O)[nH]c1=O. The zero-order valence-corrected chi connectivity index (χ0v) is 8.89. The maximum atomic E-state index is 11.3. The fourth-order valence-electron chi connectivity index (χ4n) is 1.24. The van der Waals surface area contributed by atoms with E-state index >= 15 is 0 Å². The predicted molar refractivity (Wildman–Crippen MR) is 55.6 cm³/mol. The molecule has 1 heterocycles. The van der Waals surface area contributed by atoms with Gasteiger partial charge in [0.15, 0.2) is 0 Å². The number of carboxylic acid groups (broad SMARTS) is 1. The van der Waals surface area contributed by atoms with Crippen LogP contribution >= 0.6 is 0 Å². The summed E-state index contributed by atoms with van der Waals surface area (Å²) in [7, 11) is 0. The Morgan fingerprint density at radius 2 is 2.12 bits per heavy atom. The number of hydrogen-bond donors (Lipinski definition) is 2. The fraction of sp³-hybridized carbons (Fsp3) is 0.556. The van der Waals surface area contributed by atoms with Crippen molar-refractivity contribution < 1.29 is 9.90 Å². The second-order valence-corrected chi connectivity index (χ2v) is 3.34. The maximum absolute atomic E-state index is 11.3. The monoisotopic (exact) mass is 227 g/mol.